The highest BCUT2D eigenvalue weighted by Crippen LogP contribution is 2.29. The third-order valence-electron chi connectivity index (χ3n) is 2.97. The summed E-state index contributed by atoms with van der Waals surface area (Å²) >= 11 is 0. The Morgan fingerprint density at radius 2 is 2.00 bits per heavy atom. The first kappa shape index (κ1) is 15.9. The van der Waals surface area contributed by atoms with E-state index < -0.39 is 0 Å². The summed E-state index contributed by atoms with van der Waals surface area (Å²) in [4.78, 5) is 8.89. The first-order valence-corrected chi connectivity index (χ1v) is 7.16. The van der Waals surface area contributed by atoms with Gasteiger partial charge in [-0.25, -0.2) is 0 Å². The quantitative estimate of drug-likeness (QED) is 0.598. The lowest BCUT2D eigenvalue weighted by molar-refractivity contribution is 0.408. The van der Waals surface area contributed by atoms with Gasteiger partial charge >= 0.3 is 0 Å². The minimum Gasteiger partial charge on any atom is -0.266 e. The molecule has 0 aromatic heterocycles. The molecule has 1 aliphatic heterocycles. The van der Waals surface area contributed by atoms with E-state index in [2.05, 4.69) is 43.9 Å². The summed E-state index contributed by atoms with van der Waals surface area (Å²) in [7, 11) is 0. The third kappa shape index (κ3) is 7.09. The molecule has 0 bridgehead atoms. The van der Waals surface area contributed by atoms with Crippen LogP contribution in [-0.2, 0) is 0 Å². The van der Waals surface area contributed by atoms with Crippen LogP contribution in [0.25, 0.3) is 0 Å². The predicted molar refractivity (Wildman–Crippen MR) is 86.0 cm³/mol. The zero-order valence-electron chi connectivity index (χ0n) is 13.4. The Kier molecular flexibility index (Phi) is 5.71. The van der Waals surface area contributed by atoms with Gasteiger partial charge in [0.15, 0.2) is 0 Å². The molecule has 1 aliphatic rings. The van der Waals surface area contributed by atoms with Crippen LogP contribution in [0.15, 0.2) is 33.5 Å². The van der Waals surface area contributed by atoms with Gasteiger partial charge in [-0.3, -0.25) is 9.98 Å². The van der Waals surface area contributed by atoms with E-state index in [-0.39, 0.29) is 0 Å². The molecule has 1 rings (SSSR count). The molecular formula is C17H28N2. The first-order chi connectivity index (χ1) is 8.76. The van der Waals surface area contributed by atoms with Crippen molar-refractivity contribution in [3.63, 3.8) is 0 Å². The van der Waals surface area contributed by atoms with Gasteiger partial charge in [-0.2, -0.15) is 0 Å². The molecule has 2 heteroatoms. The second kappa shape index (κ2) is 6.83. The van der Waals surface area contributed by atoms with Gasteiger partial charge in [0.2, 0.25) is 0 Å². The SMILES string of the molecule is CC(C)=N/C=C(\C)CCC1=NC=C(CC(C)(C)C)C1. The maximum Gasteiger partial charge on any atom is 0.0263 e. The zero-order valence-corrected chi connectivity index (χ0v) is 13.4. The molecular weight excluding hydrogens is 232 g/mol. The molecule has 0 atom stereocenters. The van der Waals surface area contributed by atoms with Crippen molar-refractivity contribution in [2.75, 3.05) is 0 Å². The number of allylic oxidation sites excluding steroid dienone is 2. The highest BCUT2D eigenvalue weighted by molar-refractivity contribution is 5.89. The molecule has 0 unspecified atom stereocenters. The molecule has 0 N–H and O–H groups in total. The van der Waals surface area contributed by atoms with Gasteiger partial charge in [-0.15, -0.1) is 0 Å². The van der Waals surface area contributed by atoms with Crippen molar-refractivity contribution < 1.29 is 0 Å². The molecule has 0 fully saturated rings. The number of hydrogen-bond acceptors (Lipinski definition) is 2. The van der Waals surface area contributed by atoms with Crippen molar-refractivity contribution in [2.24, 2.45) is 15.4 Å². The monoisotopic (exact) mass is 260 g/mol. The summed E-state index contributed by atoms with van der Waals surface area (Å²) in [5.74, 6) is 0. The fraction of sp³-hybridized carbons (Fsp3) is 0.647. The van der Waals surface area contributed by atoms with E-state index in [1.54, 1.807) is 0 Å². The molecule has 0 aromatic rings. The average molecular weight is 260 g/mol. The van der Waals surface area contributed by atoms with Crippen LogP contribution in [0.3, 0.4) is 0 Å². The van der Waals surface area contributed by atoms with Crippen LogP contribution in [0.2, 0.25) is 0 Å². The second-order valence-electron chi connectivity index (χ2n) is 6.95. The molecule has 106 valence electrons. The van der Waals surface area contributed by atoms with E-state index in [1.165, 1.54) is 16.9 Å². The number of aliphatic imine (C=N–C) groups is 2. The van der Waals surface area contributed by atoms with Crippen molar-refractivity contribution in [1.29, 1.82) is 0 Å². The van der Waals surface area contributed by atoms with Crippen LogP contribution in [0, 0.1) is 5.41 Å². The van der Waals surface area contributed by atoms with Gasteiger partial charge in [0, 0.05) is 30.2 Å². The third-order valence-corrected chi connectivity index (χ3v) is 2.97. The minimum absolute atomic E-state index is 0.361. The minimum atomic E-state index is 0.361. The maximum atomic E-state index is 4.56. The highest BCUT2D eigenvalue weighted by atomic mass is 14.7. The Morgan fingerprint density at radius 1 is 1.32 bits per heavy atom. The van der Waals surface area contributed by atoms with Crippen LogP contribution < -0.4 is 0 Å². The Morgan fingerprint density at radius 3 is 2.58 bits per heavy atom. The summed E-state index contributed by atoms with van der Waals surface area (Å²) in [6.45, 7) is 13.0. The summed E-state index contributed by atoms with van der Waals surface area (Å²) in [5, 5.41) is 0. The van der Waals surface area contributed by atoms with Crippen molar-refractivity contribution in [1.82, 2.24) is 0 Å². The summed E-state index contributed by atoms with van der Waals surface area (Å²) < 4.78 is 0. The van der Waals surface area contributed by atoms with Gasteiger partial charge in [0.05, 0.1) is 0 Å². The predicted octanol–water partition coefficient (Wildman–Crippen LogP) is 5.32. The molecule has 1 heterocycles. The number of rotatable bonds is 5. The normalized spacial score (nSPS) is 16.2. The molecule has 0 radical (unpaired) electrons. The van der Waals surface area contributed by atoms with E-state index in [1.807, 2.05) is 20.0 Å². The van der Waals surface area contributed by atoms with E-state index in [0.717, 1.165) is 31.4 Å². The number of hydrogen-bond donors (Lipinski definition) is 0. The number of nitrogens with zero attached hydrogens (tertiary/aromatic N) is 2. The lowest BCUT2D eigenvalue weighted by Crippen LogP contribution is -2.07. The van der Waals surface area contributed by atoms with E-state index >= 15 is 0 Å². The standard InChI is InChI=1S/C17H28N2/c1-13(2)18-11-14(3)7-8-16-9-15(12-19-16)10-17(4,5)6/h11-12H,7-10H2,1-6H3/b14-11+. The zero-order chi connectivity index (χ0) is 14.5. The smallest absolute Gasteiger partial charge is 0.0263 e. The van der Waals surface area contributed by atoms with Crippen molar-refractivity contribution in [3.8, 4) is 0 Å². The molecule has 0 spiro atoms. The molecule has 19 heavy (non-hydrogen) atoms. The van der Waals surface area contributed by atoms with Gasteiger partial charge in [-0.05, 0) is 51.0 Å². The van der Waals surface area contributed by atoms with Crippen LogP contribution in [-0.4, -0.2) is 11.4 Å². The summed E-state index contributed by atoms with van der Waals surface area (Å²) in [6, 6.07) is 0. The average Bonchev–Trinajstić information content (AvgIpc) is 2.68. The molecule has 0 saturated heterocycles. The van der Waals surface area contributed by atoms with Crippen LogP contribution in [0.1, 0.15) is 67.2 Å². The lowest BCUT2D eigenvalue weighted by atomic mass is 9.87. The topological polar surface area (TPSA) is 24.7 Å². The summed E-state index contributed by atoms with van der Waals surface area (Å²) in [5.41, 5.74) is 5.59. The Bertz CT molecular complexity index is 425. The van der Waals surface area contributed by atoms with Crippen LogP contribution in [0.4, 0.5) is 0 Å². The molecule has 2 nitrogen and oxygen atoms in total. The molecule has 0 amide bonds. The van der Waals surface area contributed by atoms with Gasteiger partial charge < -0.3 is 0 Å². The van der Waals surface area contributed by atoms with Crippen molar-refractivity contribution >= 4 is 11.4 Å². The second-order valence-corrected chi connectivity index (χ2v) is 6.95. The Hall–Kier alpha value is -1.18. The van der Waals surface area contributed by atoms with Gasteiger partial charge in [-0.1, -0.05) is 26.3 Å². The highest BCUT2D eigenvalue weighted by Gasteiger charge is 2.17. The first-order valence-electron chi connectivity index (χ1n) is 7.16. The summed E-state index contributed by atoms with van der Waals surface area (Å²) in [6.07, 6.45) is 8.40. The molecule has 0 aliphatic carbocycles. The van der Waals surface area contributed by atoms with Crippen LogP contribution >= 0.6 is 0 Å². The lowest BCUT2D eigenvalue weighted by Gasteiger charge is -2.18. The van der Waals surface area contributed by atoms with E-state index in [0.29, 0.717) is 5.41 Å². The largest absolute Gasteiger partial charge is 0.266 e. The van der Waals surface area contributed by atoms with Crippen molar-refractivity contribution in [2.45, 2.75) is 67.2 Å². The fourth-order valence-electron chi connectivity index (χ4n) is 2.12. The molecule has 0 aromatic carbocycles. The Balaban J connectivity index is 2.35. The van der Waals surface area contributed by atoms with E-state index in [9.17, 15) is 0 Å². The van der Waals surface area contributed by atoms with Gasteiger partial charge in [0.25, 0.3) is 0 Å². The van der Waals surface area contributed by atoms with Gasteiger partial charge in [0.1, 0.15) is 0 Å². The fourth-order valence-corrected chi connectivity index (χ4v) is 2.12. The van der Waals surface area contributed by atoms with E-state index in [4.69, 9.17) is 0 Å². The Labute approximate surface area is 118 Å². The molecule has 0 saturated carbocycles. The van der Waals surface area contributed by atoms with Crippen LogP contribution in [0.5, 0.6) is 0 Å². The maximum absolute atomic E-state index is 4.56. The van der Waals surface area contributed by atoms with Crippen molar-refractivity contribution in [3.05, 3.63) is 23.5 Å².